The van der Waals surface area contributed by atoms with Crippen molar-refractivity contribution in [3.63, 3.8) is 0 Å². The van der Waals surface area contributed by atoms with Gasteiger partial charge < -0.3 is 40.2 Å². The van der Waals surface area contributed by atoms with E-state index in [1.807, 2.05) is 0 Å². The molecule has 0 aliphatic rings. The third kappa shape index (κ3) is 7.39. The Morgan fingerprint density at radius 2 is 1.06 bits per heavy atom. The Kier molecular flexibility index (Phi) is 11.3. The highest BCUT2D eigenvalue weighted by molar-refractivity contribution is 6.39. The minimum atomic E-state index is -1.19. The van der Waals surface area contributed by atoms with Crippen LogP contribution in [0.2, 0.25) is 10.0 Å². The molecule has 2 aromatic carbocycles. The number of hydrogen-bond acceptors (Lipinski definition) is 10. The van der Waals surface area contributed by atoms with E-state index < -0.39 is 37.2 Å². The van der Waals surface area contributed by atoms with Crippen molar-refractivity contribution < 1.29 is 30.0 Å². The fraction of sp³-hybridized carbons (Fsp3) is 0.278. The topological polar surface area (TPSA) is 218 Å². The Labute approximate surface area is 316 Å². The van der Waals surface area contributed by atoms with Crippen LogP contribution in [-0.2, 0) is 22.7 Å². The first-order chi connectivity index (χ1) is 25.8. The van der Waals surface area contributed by atoms with Gasteiger partial charge in [-0.15, -0.1) is 0 Å². The standard InChI is InChI=1S/C36H36Cl2N8O8/c1-19-15-45-29(33(49)43(19)11-9-39-27(17-47)35(51)52)13-25(41-45)23-7-3-5-21(31(23)37)22-6-4-8-24(32(22)38)26-14-30-34(50)44(20(2)16-46(30)42-26)12-10-40-28(18-48)36(53)54/h3-8,13-16,27-28,39-40,47-48H,9-12,17-18H2,1-2H3,(H,51,52)(H,53,54)/t27-,28-/m0/s1. The maximum atomic E-state index is 13.5. The van der Waals surface area contributed by atoms with Gasteiger partial charge in [-0.1, -0.05) is 59.6 Å². The van der Waals surface area contributed by atoms with Gasteiger partial charge in [0.2, 0.25) is 0 Å². The molecule has 0 saturated carbocycles. The number of aryl methyl sites for hydroxylation is 2. The lowest BCUT2D eigenvalue weighted by atomic mass is 9.98. The van der Waals surface area contributed by atoms with Crippen LogP contribution in [0.25, 0.3) is 44.7 Å². The number of nitrogens with one attached hydrogen (secondary N) is 2. The maximum Gasteiger partial charge on any atom is 0.323 e. The molecule has 0 aliphatic heterocycles. The average molecular weight is 780 g/mol. The lowest BCUT2D eigenvalue weighted by Crippen LogP contribution is -2.42. The van der Waals surface area contributed by atoms with Gasteiger partial charge in [0.05, 0.1) is 34.6 Å². The highest BCUT2D eigenvalue weighted by Gasteiger charge is 2.21. The zero-order valence-corrected chi connectivity index (χ0v) is 30.5. The number of carboxylic acids is 2. The highest BCUT2D eigenvalue weighted by atomic mass is 35.5. The number of fused-ring (bicyclic) bond motifs is 2. The summed E-state index contributed by atoms with van der Waals surface area (Å²) < 4.78 is 5.93. The van der Waals surface area contributed by atoms with Crippen molar-refractivity contribution in [2.45, 2.75) is 39.0 Å². The van der Waals surface area contributed by atoms with Crippen LogP contribution in [0, 0.1) is 13.8 Å². The SMILES string of the molecule is Cc1cn2nc(-c3cccc(-c4cccc(-c5cc6c(=O)n(CCN[C@@H](CO)C(=O)O)c(C)cn6n5)c4Cl)c3Cl)cc2c(=O)n1CCN[C@@H](CO)C(=O)O. The maximum absolute atomic E-state index is 13.5. The summed E-state index contributed by atoms with van der Waals surface area (Å²) in [6, 6.07) is 11.7. The molecule has 0 unspecified atom stereocenters. The molecular weight excluding hydrogens is 743 g/mol. The molecule has 4 heterocycles. The van der Waals surface area contributed by atoms with E-state index in [9.17, 15) is 39.6 Å². The molecule has 6 rings (SSSR count). The van der Waals surface area contributed by atoms with E-state index in [1.165, 1.54) is 18.2 Å². The Morgan fingerprint density at radius 3 is 1.41 bits per heavy atom. The van der Waals surface area contributed by atoms with Gasteiger partial charge in [-0.2, -0.15) is 10.2 Å². The van der Waals surface area contributed by atoms with Crippen LogP contribution in [0.15, 0.2) is 70.5 Å². The molecule has 18 heteroatoms. The quantitative estimate of drug-likeness (QED) is 0.0886. The second-order valence-corrected chi connectivity index (χ2v) is 13.3. The molecule has 54 heavy (non-hydrogen) atoms. The van der Waals surface area contributed by atoms with E-state index >= 15 is 0 Å². The Morgan fingerprint density at radius 1 is 0.685 bits per heavy atom. The number of carbonyl (C=O) groups is 2. The number of halogens is 2. The molecule has 6 aromatic rings. The van der Waals surface area contributed by atoms with Crippen molar-refractivity contribution >= 4 is 46.2 Å². The molecule has 0 saturated heterocycles. The Hall–Kier alpha value is -5.36. The van der Waals surface area contributed by atoms with Crippen molar-refractivity contribution in [1.29, 1.82) is 0 Å². The molecule has 16 nitrogen and oxygen atoms in total. The number of aromatic nitrogens is 6. The third-order valence-corrected chi connectivity index (χ3v) is 9.94. The van der Waals surface area contributed by atoms with E-state index in [-0.39, 0.29) is 48.3 Å². The van der Waals surface area contributed by atoms with Gasteiger partial charge in [0, 0.05) is 72.2 Å². The van der Waals surface area contributed by atoms with Crippen LogP contribution in [0.5, 0.6) is 0 Å². The fourth-order valence-electron chi connectivity index (χ4n) is 6.25. The number of rotatable bonds is 15. The van der Waals surface area contributed by atoms with Crippen LogP contribution in [0.3, 0.4) is 0 Å². The second kappa shape index (κ2) is 15.9. The largest absolute Gasteiger partial charge is 0.480 e. The second-order valence-electron chi connectivity index (χ2n) is 12.6. The Balaban J connectivity index is 1.30. The zero-order valence-electron chi connectivity index (χ0n) is 29.0. The number of aliphatic carboxylic acids is 2. The van der Waals surface area contributed by atoms with Crippen molar-refractivity contribution in [1.82, 2.24) is 39.0 Å². The van der Waals surface area contributed by atoms with E-state index in [1.54, 1.807) is 74.8 Å². The predicted molar refractivity (Wildman–Crippen MR) is 201 cm³/mol. The number of benzene rings is 2. The summed E-state index contributed by atoms with van der Waals surface area (Å²) in [6.07, 6.45) is 3.38. The van der Waals surface area contributed by atoms with Gasteiger partial charge in [0.15, 0.2) is 0 Å². The number of aliphatic hydroxyl groups is 2. The van der Waals surface area contributed by atoms with Crippen LogP contribution in [-0.4, -0.2) is 99.1 Å². The van der Waals surface area contributed by atoms with E-state index in [2.05, 4.69) is 20.8 Å². The van der Waals surface area contributed by atoms with Crippen LogP contribution < -0.4 is 21.8 Å². The minimum absolute atomic E-state index is 0.135. The minimum Gasteiger partial charge on any atom is -0.480 e. The molecule has 282 valence electrons. The third-order valence-electron chi connectivity index (χ3n) is 9.12. The molecule has 0 aliphatic carbocycles. The summed E-state index contributed by atoms with van der Waals surface area (Å²) >= 11 is 14.1. The highest BCUT2D eigenvalue weighted by Crippen LogP contribution is 2.42. The van der Waals surface area contributed by atoms with E-state index in [0.29, 0.717) is 55.1 Å². The molecule has 4 aromatic heterocycles. The van der Waals surface area contributed by atoms with Crippen molar-refractivity contribution in [2.24, 2.45) is 0 Å². The van der Waals surface area contributed by atoms with Crippen LogP contribution >= 0.6 is 23.2 Å². The van der Waals surface area contributed by atoms with Crippen molar-refractivity contribution in [3.8, 4) is 33.6 Å². The molecular formula is C36H36Cl2N8O8. The normalized spacial score (nSPS) is 12.8. The predicted octanol–water partition coefficient (Wildman–Crippen LogP) is 2.30. The molecule has 0 bridgehead atoms. The van der Waals surface area contributed by atoms with Crippen LogP contribution in [0.1, 0.15) is 11.4 Å². The molecule has 6 N–H and O–H groups in total. The van der Waals surface area contributed by atoms with E-state index in [4.69, 9.17) is 23.2 Å². The summed E-state index contributed by atoms with van der Waals surface area (Å²) in [5.74, 6) is -2.39. The summed E-state index contributed by atoms with van der Waals surface area (Å²) in [6.45, 7) is 2.90. The van der Waals surface area contributed by atoms with E-state index in [0.717, 1.165) is 0 Å². The molecule has 2 atom stereocenters. The smallest absolute Gasteiger partial charge is 0.323 e. The number of hydrogen-bond donors (Lipinski definition) is 6. The summed E-state index contributed by atoms with van der Waals surface area (Å²) in [4.78, 5) is 49.4. The summed E-state index contributed by atoms with van der Waals surface area (Å²) in [5, 5.41) is 52.3. The first-order valence-corrected chi connectivity index (χ1v) is 17.5. The lowest BCUT2D eigenvalue weighted by molar-refractivity contribution is -0.141. The molecule has 0 fully saturated rings. The fourth-order valence-corrected chi connectivity index (χ4v) is 6.90. The van der Waals surface area contributed by atoms with Gasteiger partial charge in [-0.05, 0) is 26.0 Å². The summed E-state index contributed by atoms with van der Waals surface area (Å²) in [7, 11) is 0. The first kappa shape index (κ1) is 38.4. The van der Waals surface area contributed by atoms with Gasteiger partial charge in [-0.25, -0.2) is 9.03 Å². The summed E-state index contributed by atoms with van der Waals surface area (Å²) in [5.41, 5.74) is 4.20. The monoisotopic (exact) mass is 778 g/mol. The van der Waals surface area contributed by atoms with Crippen molar-refractivity contribution in [2.75, 3.05) is 26.3 Å². The van der Waals surface area contributed by atoms with Gasteiger partial charge >= 0.3 is 11.9 Å². The number of carboxylic acid groups (broad SMARTS) is 2. The zero-order chi connectivity index (χ0) is 38.8. The van der Waals surface area contributed by atoms with Gasteiger partial charge in [0.25, 0.3) is 11.1 Å². The van der Waals surface area contributed by atoms with Crippen molar-refractivity contribution in [3.05, 3.63) is 103 Å². The number of nitrogens with zero attached hydrogens (tertiary/aromatic N) is 6. The lowest BCUT2D eigenvalue weighted by Gasteiger charge is -2.14. The van der Waals surface area contributed by atoms with Gasteiger partial charge in [-0.3, -0.25) is 19.2 Å². The molecule has 0 radical (unpaired) electrons. The first-order valence-electron chi connectivity index (χ1n) is 16.8. The number of aliphatic hydroxyl groups excluding tert-OH is 2. The molecule has 0 spiro atoms. The average Bonchev–Trinajstić information content (AvgIpc) is 3.76. The Bertz CT molecular complexity index is 2350. The molecule has 0 amide bonds. The van der Waals surface area contributed by atoms with Crippen LogP contribution in [0.4, 0.5) is 0 Å². The van der Waals surface area contributed by atoms with Gasteiger partial charge in [0.1, 0.15) is 23.1 Å².